The monoisotopic (exact) mass is 345 g/mol. The smallest absolute Gasteiger partial charge is 0.223 e. The Labute approximate surface area is 140 Å². The summed E-state index contributed by atoms with van der Waals surface area (Å²) in [6.45, 7) is 8.87. The second-order valence-electron chi connectivity index (χ2n) is 6.72. The topological polar surface area (TPSA) is 69.7 Å². The summed E-state index contributed by atoms with van der Waals surface area (Å²) in [7, 11) is -3.11. The van der Waals surface area contributed by atoms with Crippen LogP contribution < -0.4 is 5.32 Å². The first-order valence-corrected chi connectivity index (χ1v) is 10.5. The highest BCUT2D eigenvalue weighted by Crippen LogP contribution is 2.21. The first kappa shape index (κ1) is 18.7. The van der Waals surface area contributed by atoms with Crippen molar-refractivity contribution in [2.45, 2.75) is 39.5 Å². The van der Waals surface area contributed by atoms with Gasteiger partial charge in [-0.25, -0.2) is 12.7 Å². The number of amides is 1. The molecule has 0 aromatic rings. The lowest BCUT2D eigenvalue weighted by atomic mass is 9.95. The third-order valence-corrected chi connectivity index (χ3v) is 7.08. The van der Waals surface area contributed by atoms with E-state index in [0.717, 1.165) is 19.6 Å². The molecule has 2 fully saturated rings. The van der Waals surface area contributed by atoms with Gasteiger partial charge in [-0.05, 0) is 51.6 Å². The Kier molecular flexibility index (Phi) is 6.85. The van der Waals surface area contributed by atoms with Crippen molar-refractivity contribution in [3.8, 4) is 0 Å². The van der Waals surface area contributed by atoms with Crippen LogP contribution >= 0.6 is 0 Å². The zero-order valence-electron chi connectivity index (χ0n) is 14.5. The molecule has 2 heterocycles. The Hall–Kier alpha value is -0.660. The van der Waals surface area contributed by atoms with Crippen molar-refractivity contribution in [2.24, 2.45) is 11.8 Å². The minimum atomic E-state index is -3.11. The molecule has 0 bridgehead atoms. The van der Waals surface area contributed by atoms with Crippen LogP contribution in [-0.2, 0) is 14.8 Å². The number of hydrogen-bond donors (Lipinski definition) is 1. The van der Waals surface area contributed by atoms with Gasteiger partial charge in [0, 0.05) is 32.1 Å². The third-order valence-electron chi connectivity index (χ3n) is 5.20. The number of likely N-dealkylation sites (tertiary alicyclic amines) is 1. The van der Waals surface area contributed by atoms with Crippen LogP contribution in [0.3, 0.4) is 0 Å². The Balaban J connectivity index is 1.73. The van der Waals surface area contributed by atoms with E-state index in [1.54, 1.807) is 6.92 Å². The lowest BCUT2D eigenvalue weighted by Gasteiger charge is -2.33. The predicted octanol–water partition coefficient (Wildman–Crippen LogP) is 0.896. The standard InChI is InChI=1S/C16H31N3O3S/c1-3-18-9-5-6-14(13-18)12-17-16(20)15-7-10-19(11-8-15)23(21,22)4-2/h14-15H,3-13H2,1-2H3,(H,17,20). The summed E-state index contributed by atoms with van der Waals surface area (Å²) in [5, 5.41) is 3.10. The van der Waals surface area contributed by atoms with E-state index in [2.05, 4.69) is 17.1 Å². The highest BCUT2D eigenvalue weighted by atomic mass is 32.2. The predicted molar refractivity (Wildman–Crippen MR) is 91.6 cm³/mol. The second kappa shape index (κ2) is 8.44. The van der Waals surface area contributed by atoms with Crippen molar-refractivity contribution in [3.05, 3.63) is 0 Å². The number of carbonyl (C=O) groups excluding carboxylic acids is 1. The molecule has 0 aromatic heterocycles. The van der Waals surface area contributed by atoms with Crippen LogP contribution in [0.15, 0.2) is 0 Å². The van der Waals surface area contributed by atoms with Gasteiger partial charge < -0.3 is 10.2 Å². The fraction of sp³-hybridized carbons (Fsp3) is 0.938. The molecule has 1 amide bonds. The Morgan fingerprint density at radius 2 is 1.83 bits per heavy atom. The van der Waals surface area contributed by atoms with E-state index in [9.17, 15) is 13.2 Å². The first-order valence-electron chi connectivity index (χ1n) is 8.94. The third kappa shape index (κ3) is 5.16. The first-order chi connectivity index (χ1) is 11.0. The fourth-order valence-electron chi connectivity index (χ4n) is 3.57. The highest BCUT2D eigenvalue weighted by Gasteiger charge is 2.30. The van der Waals surface area contributed by atoms with E-state index in [1.165, 1.54) is 23.7 Å². The van der Waals surface area contributed by atoms with E-state index in [1.807, 2.05) is 0 Å². The van der Waals surface area contributed by atoms with Crippen molar-refractivity contribution in [3.63, 3.8) is 0 Å². The SMILES string of the molecule is CCN1CCCC(CNC(=O)C2CCN(S(=O)(=O)CC)CC2)C1. The maximum Gasteiger partial charge on any atom is 0.223 e. The molecular weight excluding hydrogens is 314 g/mol. The van der Waals surface area contributed by atoms with Crippen LogP contribution in [0.5, 0.6) is 0 Å². The summed E-state index contributed by atoms with van der Waals surface area (Å²) in [5.41, 5.74) is 0. The molecule has 1 atom stereocenters. The Morgan fingerprint density at radius 3 is 2.43 bits per heavy atom. The lowest BCUT2D eigenvalue weighted by Crippen LogP contribution is -2.45. The van der Waals surface area contributed by atoms with Crippen molar-refractivity contribution in [1.82, 2.24) is 14.5 Å². The van der Waals surface area contributed by atoms with Gasteiger partial charge in [-0.2, -0.15) is 0 Å². The van der Waals surface area contributed by atoms with E-state index in [4.69, 9.17) is 0 Å². The van der Waals surface area contributed by atoms with E-state index in [0.29, 0.717) is 31.8 Å². The molecule has 0 radical (unpaired) electrons. The van der Waals surface area contributed by atoms with E-state index >= 15 is 0 Å². The number of hydrogen-bond acceptors (Lipinski definition) is 4. The maximum atomic E-state index is 12.3. The largest absolute Gasteiger partial charge is 0.356 e. The van der Waals surface area contributed by atoms with Gasteiger partial charge in [0.05, 0.1) is 5.75 Å². The quantitative estimate of drug-likeness (QED) is 0.776. The molecule has 7 heteroatoms. The molecular formula is C16H31N3O3S. The number of nitrogens with zero attached hydrogens (tertiary/aromatic N) is 2. The normalized spacial score (nSPS) is 25.4. The van der Waals surface area contributed by atoms with E-state index < -0.39 is 10.0 Å². The average molecular weight is 346 g/mol. The van der Waals surface area contributed by atoms with Gasteiger partial charge in [-0.15, -0.1) is 0 Å². The van der Waals surface area contributed by atoms with Crippen LogP contribution in [0.1, 0.15) is 39.5 Å². The molecule has 1 N–H and O–H groups in total. The molecule has 2 aliphatic heterocycles. The van der Waals surface area contributed by atoms with E-state index in [-0.39, 0.29) is 17.6 Å². The summed E-state index contributed by atoms with van der Waals surface area (Å²) in [6, 6.07) is 0. The fourth-order valence-corrected chi connectivity index (χ4v) is 4.71. The molecule has 2 rings (SSSR count). The van der Waals surface area contributed by atoms with Crippen LogP contribution in [0.4, 0.5) is 0 Å². The molecule has 6 nitrogen and oxygen atoms in total. The number of carbonyl (C=O) groups is 1. The molecule has 0 aromatic carbocycles. The molecule has 134 valence electrons. The zero-order chi connectivity index (χ0) is 16.9. The minimum Gasteiger partial charge on any atom is -0.356 e. The van der Waals surface area contributed by atoms with Gasteiger partial charge in [-0.1, -0.05) is 6.92 Å². The Morgan fingerprint density at radius 1 is 1.13 bits per heavy atom. The molecule has 2 saturated heterocycles. The van der Waals surface area contributed by atoms with Gasteiger partial charge in [0.1, 0.15) is 0 Å². The molecule has 0 saturated carbocycles. The molecule has 1 unspecified atom stereocenters. The lowest BCUT2D eigenvalue weighted by molar-refractivity contribution is -0.126. The van der Waals surface area contributed by atoms with Crippen LogP contribution in [0.2, 0.25) is 0 Å². The molecule has 2 aliphatic rings. The summed E-state index contributed by atoms with van der Waals surface area (Å²) in [4.78, 5) is 14.8. The van der Waals surface area contributed by atoms with Crippen molar-refractivity contribution in [1.29, 1.82) is 0 Å². The van der Waals surface area contributed by atoms with Crippen LogP contribution in [-0.4, -0.2) is 68.6 Å². The number of rotatable bonds is 6. The van der Waals surface area contributed by atoms with Gasteiger partial charge in [0.2, 0.25) is 15.9 Å². The maximum absolute atomic E-state index is 12.3. The van der Waals surface area contributed by atoms with Gasteiger partial charge in [0.25, 0.3) is 0 Å². The summed E-state index contributed by atoms with van der Waals surface area (Å²) in [5.74, 6) is 0.754. The number of piperidine rings is 2. The molecule has 23 heavy (non-hydrogen) atoms. The van der Waals surface area contributed by atoms with Crippen LogP contribution in [0.25, 0.3) is 0 Å². The summed E-state index contributed by atoms with van der Waals surface area (Å²) >= 11 is 0. The zero-order valence-corrected chi connectivity index (χ0v) is 15.3. The van der Waals surface area contributed by atoms with Crippen molar-refractivity contribution in [2.75, 3.05) is 45.0 Å². The summed E-state index contributed by atoms with van der Waals surface area (Å²) in [6.07, 6.45) is 3.67. The Bertz CT molecular complexity index is 487. The van der Waals surface area contributed by atoms with Crippen molar-refractivity contribution < 1.29 is 13.2 Å². The minimum absolute atomic E-state index is 0.0378. The van der Waals surface area contributed by atoms with Gasteiger partial charge in [0.15, 0.2) is 0 Å². The second-order valence-corrected chi connectivity index (χ2v) is 8.98. The average Bonchev–Trinajstić information content (AvgIpc) is 2.60. The van der Waals surface area contributed by atoms with Gasteiger partial charge >= 0.3 is 0 Å². The molecule has 0 aliphatic carbocycles. The van der Waals surface area contributed by atoms with Crippen molar-refractivity contribution >= 4 is 15.9 Å². The van der Waals surface area contributed by atoms with Gasteiger partial charge in [-0.3, -0.25) is 4.79 Å². The summed E-state index contributed by atoms with van der Waals surface area (Å²) < 4.78 is 25.2. The molecule has 0 spiro atoms. The number of sulfonamides is 1. The van der Waals surface area contributed by atoms with Crippen LogP contribution in [0, 0.1) is 11.8 Å². The highest BCUT2D eigenvalue weighted by molar-refractivity contribution is 7.89. The number of nitrogens with one attached hydrogen (secondary N) is 1.